The van der Waals surface area contributed by atoms with Gasteiger partial charge in [0, 0.05) is 36.5 Å². The summed E-state index contributed by atoms with van der Waals surface area (Å²) < 4.78 is 21.6. The molecule has 3 aromatic carbocycles. The molecule has 1 N–H and O–H groups in total. The monoisotopic (exact) mass is 539 g/mol. The van der Waals surface area contributed by atoms with Gasteiger partial charge in [-0.15, -0.1) is 0 Å². The Morgan fingerprint density at radius 2 is 1.85 bits per heavy atom. The summed E-state index contributed by atoms with van der Waals surface area (Å²) >= 11 is 0. The van der Waals surface area contributed by atoms with E-state index in [0.717, 1.165) is 62.7 Å². The number of carbonyl (C=O) groups is 1. The van der Waals surface area contributed by atoms with Crippen LogP contribution in [-0.2, 0) is 31.4 Å². The van der Waals surface area contributed by atoms with Gasteiger partial charge in [-0.2, -0.15) is 5.10 Å². The maximum absolute atomic E-state index is 12.8. The highest BCUT2D eigenvalue weighted by molar-refractivity contribution is 6.04. The molecule has 1 aliphatic heterocycles. The van der Waals surface area contributed by atoms with E-state index in [9.17, 15) is 9.90 Å². The van der Waals surface area contributed by atoms with E-state index in [1.807, 2.05) is 54.1 Å². The Balaban J connectivity index is 1.40. The van der Waals surface area contributed by atoms with Gasteiger partial charge in [-0.1, -0.05) is 54.6 Å². The summed E-state index contributed by atoms with van der Waals surface area (Å²) in [7, 11) is 3.48. The Labute approximate surface area is 232 Å². The number of fused-ring (bicyclic) bond motifs is 3. The standard InChI is InChI=1S/C32H33N3O5/c1-34-31(38-2)28-25-14-8-13-23-24(15-9-19-40-27-16-7-11-21-10-3-4-12-22(21)27)30(32(36)37)35(29(23)25)17-5-6-18-39-20-26(28)33-34/h3-4,7-8,10-14,16H,5-6,9,15,17-20H2,1-2H3,(H,36,37). The third-order valence-electron chi connectivity index (χ3n) is 7.66. The average Bonchev–Trinajstić information content (AvgIpc) is 3.45. The number of aryl methyl sites for hydroxylation is 3. The molecule has 0 unspecified atom stereocenters. The van der Waals surface area contributed by atoms with Crippen molar-refractivity contribution in [3.63, 3.8) is 0 Å². The zero-order chi connectivity index (χ0) is 27.6. The Bertz CT molecular complexity index is 1700. The lowest BCUT2D eigenvalue weighted by Gasteiger charge is -2.12. The molecule has 0 atom stereocenters. The molecule has 2 aromatic heterocycles. The summed E-state index contributed by atoms with van der Waals surface area (Å²) in [5.41, 5.74) is 4.62. The van der Waals surface area contributed by atoms with Crippen LogP contribution in [-0.4, -0.2) is 45.7 Å². The van der Waals surface area contributed by atoms with E-state index in [-0.39, 0.29) is 0 Å². The molecule has 0 radical (unpaired) electrons. The van der Waals surface area contributed by atoms with E-state index in [0.29, 0.717) is 50.8 Å². The molecule has 0 fully saturated rings. The number of nitrogens with zero attached hydrogens (tertiary/aromatic N) is 3. The van der Waals surface area contributed by atoms with Gasteiger partial charge < -0.3 is 23.9 Å². The fourth-order valence-corrected chi connectivity index (χ4v) is 5.97. The van der Waals surface area contributed by atoms with Gasteiger partial charge in [0.05, 0.1) is 31.4 Å². The number of aromatic carboxylic acids is 1. The largest absolute Gasteiger partial charge is 0.493 e. The van der Waals surface area contributed by atoms with Gasteiger partial charge in [-0.05, 0) is 42.7 Å². The van der Waals surface area contributed by atoms with Crippen molar-refractivity contribution in [3.05, 3.63) is 77.6 Å². The van der Waals surface area contributed by atoms with Crippen molar-refractivity contribution in [3.8, 4) is 22.8 Å². The Morgan fingerprint density at radius 3 is 2.70 bits per heavy atom. The number of rotatable bonds is 7. The fourth-order valence-electron chi connectivity index (χ4n) is 5.97. The minimum absolute atomic E-state index is 0.345. The summed E-state index contributed by atoms with van der Waals surface area (Å²) in [6, 6.07) is 20.2. The maximum Gasteiger partial charge on any atom is 0.352 e. The van der Waals surface area contributed by atoms with Gasteiger partial charge in [0.15, 0.2) is 0 Å². The second-order valence-corrected chi connectivity index (χ2v) is 10.1. The SMILES string of the molecule is COc1c2c(nn1C)COCCCCn1c(C(=O)O)c(CCCOc3cccc4ccccc34)c3cccc-2c31. The van der Waals surface area contributed by atoms with E-state index in [1.54, 1.807) is 11.8 Å². The van der Waals surface area contributed by atoms with Gasteiger partial charge in [0.2, 0.25) is 5.88 Å². The molecular formula is C32H33N3O5. The number of hydrogen-bond acceptors (Lipinski definition) is 5. The Morgan fingerprint density at radius 1 is 1.05 bits per heavy atom. The first-order valence-corrected chi connectivity index (χ1v) is 13.7. The van der Waals surface area contributed by atoms with E-state index >= 15 is 0 Å². The molecule has 8 nitrogen and oxygen atoms in total. The second-order valence-electron chi connectivity index (χ2n) is 10.1. The highest BCUT2D eigenvalue weighted by Crippen LogP contribution is 2.41. The molecule has 0 bridgehead atoms. The molecule has 0 aliphatic carbocycles. The molecule has 0 saturated heterocycles. The minimum Gasteiger partial charge on any atom is -0.493 e. The van der Waals surface area contributed by atoms with Crippen molar-refractivity contribution < 1.29 is 24.1 Å². The molecule has 0 amide bonds. The summed E-state index contributed by atoms with van der Waals surface area (Å²) in [5.74, 6) is 0.547. The number of benzene rings is 3. The van der Waals surface area contributed by atoms with Crippen LogP contribution in [0.3, 0.4) is 0 Å². The lowest BCUT2D eigenvalue weighted by atomic mass is 9.99. The van der Waals surface area contributed by atoms with Gasteiger partial charge in [-0.25, -0.2) is 9.48 Å². The molecule has 3 heterocycles. The van der Waals surface area contributed by atoms with Crippen molar-refractivity contribution in [2.75, 3.05) is 20.3 Å². The zero-order valence-corrected chi connectivity index (χ0v) is 22.9. The predicted molar refractivity (Wildman–Crippen MR) is 154 cm³/mol. The van der Waals surface area contributed by atoms with E-state index < -0.39 is 5.97 Å². The molecular weight excluding hydrogens is 506 g/mol. The molecule has 206 valence electrons. The number of hydrogen-bond donors (Lipinski definition) is 1. The van der Waals surface area contributed by atoms with Crippen LogP contribution in [0, 0.1) is 0 Å². The van der Waals surface area contributed by atoms with Gasteiger partial charge in [0.1, 0.15) is 17.1 Å². The lowest BCUT2D eigenvalue weighted by Crippen LogP contribution is -2.12. The molecule has 0 saturated carbocycles. The predicted octanol–water partition coefficient (Wildman–Crippen LogP) is 6.22. The van der Waals surface area contributed by atoms with Crippen molar-refractivity contribution in [2.45, 2.75) is 38.8 Å². The van der Waals surface area contributed by atoms with Crippen molar-refractivity contribution in [1.29, 1.82) is 0 Å². The van der Waals surface area contributed by atoms with Gasteiger partial charge >= 0.3 is 5.97 Å². The van der Waals surface area contributed by atoms with Crippen LogP contribution in [0.4, 0.5) is 0 Å². The lowest BCUT2D eigenvalue weighted by molar-refractivity contribution is 0.0683. The number of methoxy groups -OCH3 is 1. The van der Waals surface area contributed by atoms with Crippen LogP contribution in [0.1, 0.15) is 41.0 Å². The maximum atomic E-state index is 12.8. The van der Waals surface area contributed by atoms with Crippen LogP contribution < -0.4 is 9.47 Å². The highest BCUT2D eigenvalue weighted by atomic mass is 16.5. The second kappa shape index (κ2) is 11.1. The number of carboxylic acid groups (broad SMARTS) is 1. The topological polar surface area (TPSA) is 87.7 Å². The zero-order valence-electron chi connectivity index (χ0n) is 22.9. The normalized spacial score (nSPS) is 13.7. The quantitative estimate of drug-likeness (QED) is 0.247. The Kier molecular flexibility index (Phi) is 7.17. The van der Waals surface area contributed by atoms with E-state index in [2.05, 4.69) is 23.3 Å². The first-order chi connectivity index (χ1) is 19.6. The first-order valence-electron chi connectivity index (χ1n) is 13.7. The van der Waals surface area contributed by atoms with Crippen LogP contribution in [0.15, 0.2) is 60.7 Å². The molecule has 5 aromatic rings. The number of para-hydroxylation sites is 1. The fraction of sp³-hybridized carbons (Fsp3) is 0.312. The van der Waals surface area contributed by atoms with Crippen LogP contribution in [0.2, 0.25) is 0 Å². The molecule has 0 spiro atoms. The summed E-state index contributed by atoms with van der Waals surface area (Å²) in [6.45, 7) is 2.02. The summed E-state index contributed by atoms with van der Waals surface area (Å²) in [5, 5.41) is 18.3. The van der Waals surface area contributed by atoms with E-state index in [1.165, 1.54) is 0 Å². The van der Waals surface area contributed by atoms with Gasteiger partial charge in [0.25, 0.3) is 0 Å². The first kappa shape index (κ1) is 26.0. The van der Waals surface area contributed by atoms with Crippen molar-refractivity contribution >= 4 is 27.6 Å². The number of carboxylic acids is 1. The van der Waals surface area contributed by atoms with E-state index in [4.69, 9.17) is 14.2 Å². The van der Waals surface area contributed by atoms with Gasteiger partial charge in [-0.3, -0.25) is 0 Å². The van der Waals surface area contributed by atoms with Crippen molar-refractivity contribution in [2.24, 2.45) is 7.05 Å². The molecule has 1 aliphatic rings. The summed E-state index contributed by atoms with van der Waals surface area (Å²) in [4.78, 5) is 12.8. The third-order valence-corrected chi connectivity index (χ3v) is 7.66. The molecule has 6 rings (SSSR count). The molecule has 8 heteroatoms. The smallest absolute Gasteiger partial charge is 0.352 e. The molecule has 40 heavy (non-hydrogen) atoms. The van der Waals surface area contributed by atoms with Crippen LogP contribution in [0.25, 0.3) is 32.8 Å². The summed E-state index contributed by atoms with van der Waals surface area (Å²) in [6.07, 6.45) is 2.90. The highest BCUT2D eigenvalue weighted by Gasteiger charge is 2.28. The van der Waals surface area contributed by atoms with Crippen molar-refractivity contribution in [1.82, 2.24) is 14.3 Å². The third kappa shape index (κ3) is 4.58. The minimum atomic E-state index is -0.920. The van der Waals surface area contributed by atoms with Crippen LogP contribution >= 0.6 is 0 Å². The average molecular weight is 540 g/mol. The van der Waals surface area contributed by atoms with Crippen LogP contribution in [0.5, 0.6) is 11.6 Å². The Hall–Kier alpha value is -4.30. The number of ether oxygens (including phenoxy) is 3. The number of aromatic nitrogens is 3.